The number of rotatable bonds is 9. The highest BCUT2D eigenvalue weighted by Crippen LogP contribution is 2.21. The Labute approximate surface area is 175 Å². The fourth-order valence-corrected chi connectivity index (χ4v) is 2.80. The van der Waals surface area contributed by atoms with Crippen LogP contribution in [0.25, 0.3) is 11.4 Å². The van der Waals surface area contributed by atoms with Gasteiger partial charge in [-0.05, 0) is 50.2 Å². The summed E-state index contributed by atoms with van der Waals surface area (Å²) in [7, 11) is 3.19. The van der Waals surface area contributed by atoms with E-state index >= 15 is 0 Å². The van der Waals surface area contributed by atoms with E-state index in [0.717, 1.165) is 11.3 Å². The van der Waals surface area contributed by atoms with Crippen LogP contribution in [0.1, 0.15) is 19.7 Å². The molecule has 30 heavy (non-hydrogen) atoms. The van der Waals surface area contributed by atoms with Gasteiger partial charge in [0.05, 0.1) is 14.2 Å². The first-order chi connectivity index (χ1) is 14.5. The van der Waals surface area contributed by atoms with Gasteiger partial charge in [-0.3, -0.25) is 4.79 Å². The van der Waals surface area contributed by atoms with E-state index in [2.05, 4.69) is 10.1 Å². The summed E-state index contributed by atoms with van der Waals surface area (Å²) in [6.45, 7) is 3.93. The number of ether oxygens (including phenoxy) is 3. The van der Waals surface area contributed by atoms with Crippen molar-refractivity contribution in [1.82, 2.24) is 15.0 Å². The lowest BCUT2D eigenvalue weighted by Gasteiger charge is -2.25. The van der Waals surface area contributed by atoms with Gasteiger partial charge in [0, 0.05) is 17.7 Å². The molecule has 3 rings (SSSR count). The predicted molar refractivity (Wildman–Crippen MR) is 110 cm³/mol. The van der Waals surface area contributed by atoms with Crippen LogP contribution in [0.3, 0.4) is 0 Å². The summed E-state index contributed by atoms with van der Waals surface area (Å²) in [6, 6.07) is 14.4. The number of hydrogen-bond donors (Lipinski definition) is 0. The van der Waals surface area contributed by atoms with E-state index in [0.29, 0.717) is 23.2 Å². The highest BCUT2D eigenvalue weighted by atomic mass is 16.5. The molecule has 158 valence electrons. The molecule has 0 radical (unpaired) electrons. The number of benzene rings is 2. The van der Waals surface area contributed by atoms with Crippen molar-refractivity contribution in [2.75, 3.05) is 20.8 Å². The van der Waals surface area contributed by atoms with Crippen LogP contribution < -0.4 is 14.2 Å². The number of aromatic nitrogens is 2. The van der Waals surface area contributed by atoms with Crippen molar-refractivity contribution in [3.63, 3.8) is 0 Å². The Morgan fingerprint density at radius 2 is 1.73 bits per heavy atom. The third-order valence-electron chi connectivity index (χ3n) is 4.47. The minimum atomic E-state index is -0.183. The van der Waals surface area contributed by atoms with Crippen LogP contribution in [0.2, 0.25) is 0 Å². The Bertz CT molecular complexity index is 969. The molecule has 0 atom stereocenters. The molecule has 0 N–H and O–H groups in total. The minimum absolute atomic E-state index is 0.0669. The van der Waals surface area contributed by atoms with E-state index in [9.17, 15) is 4.79 Å². The Kier molecular flexibility index (Phi) is 6.90. The zero-order chi connectivity index (χ0) is 21.5. The molecule has 1 heterocycles. The second kappa shape index (κ2) is 9.78. The summed E-state index contributed by atoms with van der Waals surface area (Å²) in [5.41, 5.74) is 0.801. The lowest BCUT2D eigenvalue weighted by atomic mass is 10.2. The number of carbonyl (C=O) groups excluding carboxylic acids is 1. The monoisotopic (exact) mass is 411 g/mol. The summed E-state index contributed by atoms with van der Waals surface area (Å²) >= 11 is 0. The third-order valence-corrected chi connectivity index (χ3v) is 4.47. The second-order valence-corrected chi connectivity index (χ2v) is 6.82. The Balaban J connectivity index is 1.64. The molecule has 8 heteroatoms. The van der Waals surface area contributed by atoms with Crippen molar-refractivity contribution in [3.05, 3.63) is 54.4 Å². The summed E-state index contributed by atoms with van der Waals surface area (Å²) in [6.07, 6.45) is 0. The van der Waals surface area contributed by atoms with E-state index in [1.54, 1.807) is 37.3 Å². The maximum absolute atomic E-state index is 12.7. The first kappa shape index (κ1) is 21.2. The van der Waals surface area contributed by atoms with Gasteiger partial charge >= 0.3 is 0 Å². The Morgan fingerprint density at radius 3 is 2.40 bits per heavy atom. The van der Waals surface area contributed by atoms with Crippen molar-refractivity contribution in [2.45, 2.75) is 26.4 Å². The van der Waals surface area contributed by atoms with Gasteiger partial charge < -0.3 is 23.6 Å². The predicted octanol–water partition coefficient (Wildman–Crippen LogP) is 3.57. The van der Waals surface area contributed by atoms with Crippen molar-refractivity contribution < 1.29 is 23.5 Å². The van der Waals surface area contributed by atoms with Gasteiger partial charge in [0.1, 0.15) is 23.8 Å². The quantitative estimate of drug-likeness (QED) is 0.532. The lowest BCUT2D eigenvalue weighted by molar-refractivity contribution is -0.136. The SMILES string of the molecule is COc1ccc(-c2noc(CN(C(=O)COc3cccc(OC)c3)C(C)C)n2)cc1. The van der Waals surface area contributed by atoms with Gasteiger partial charge in [0.15, 0.2) is 6.61 Å². The first-order valence-corrected chi connectivity index (χ1v) is 9.53. The van der Waals surface area contributed by atoms with Crippen molar-refractivity contribution in [1.29, 1.82) is 0 Å². The fraction of sp³-hybridized carbons (Fsp3) is 0.318. The standard InChI is InChI=1S/C22H25N3O5/c1-15(2)25(21(26)14-29-19-7-5-6-18(12-19)28-4)13-20-23-22(24-30-20)16-8-10-17(27-3)11-9-16/h5-12,15H,13-14H2,1-4H3. The van der Waals surface area contributed by atoms with Crippen molar-refractivity contribution >= 4 is 5.91 Å². The number of hydrogen-bond acceptors (Lipinski definition) is 7. The molecule has 3 aromatic rings. The lowest BCUT2D eigenvalue weighted by Crippen LogP contribution is -2.39. The Morgan fingerprint density at radius 1 is 1.03 bits per heavy atom. The van der Waals surface area contributed by atoms with Crippen LogP contribution in [-0.2, 0) is 11.3 Å². The van der Waals surface area contributed by atoms with E-state index in [1.807, 2.05) is 44.2 Å². The van der Waals surface area contributed by atoms with Gasteiger partial charge in [0.2, 0.25) is 11.7 Å². The summed E-state index contributed by atoms with van der Waals surface area (Å²) in [5, 5.41) is 4.02. The fourth-order valence-electron chi connectivity index (χ4n) is 2.80. The number of methoxy groups -OCH3 is 2. The highest BCUT2D eigenvalue weighted by molar-refractivity contribution is 5.78. The molecule has 0 fully saturated rings. The first-order valence-electron chi connectivity index (χ1n) is 9.53. The van der Waals surface area contributed by atoms with Crippen LogP contribution in [0.15, 0.2) is 53.1 Å². The van der Waals surface area contributed by atoms with Gasteiger partial charge in [0.25, 0.3) is 5.91 Å². The molecule has 0 saturated carbocycles. The molecule has 0 spiro atoms. The maximum Gasteiger partial charge on any atom is 0.261 e. The molecule has 8 nitrogen and oxygen atoms in total. The van der Waals surface area contributed by atoms with E-state index in [1.165, 1.54) is 0 Å². The highest BCUT2D eigenvalue weighted by Gasteiger charge is 2.21. The zero-order valence-electron chi connectivity index (χ0n) is 17.5. The van der Waals surface area contributed by atoms with Crippen LogP contribution in [0.4, 0.5) is 0 Å². The minimum Gasteiger partial charge on any atom is -0.497 e. The van der Waals surface area contributed by atoms with Crippen LogP contribution in [0, 0.1) is 0 Å². The number of amides is 1. The average molecular weight is 411 g/mol. The molecule has 1 aromatic heterocycles. The molecule has 0 aliphatic rings. The van der Waals surface area contributed by atoms with Crippen molar-refractivity contribution in [2.24, 2.45) is 0 Å². The normalized spacial score (nSPS) is 10.7. The molecule has 0 aliphatic heterocycles. The number of carbonyl (C=O) groups is 1. The molecule has 0 aliphatic carbocycles. The molecule has 1 amide bonds. The third kappa shape index (κ3) is 5.28. The van der Waals surface area contributed by atoms with Crippen LogP contribution in [-0.4, -0.2) is 47.8 Å². The average Bonchev–Trinajstić information content (AvgIpc) is 3.24. The van der Waals surface area contributed by atoms with Gasteiger partial charge in [-0.2, -0.15) is 4.98 Å². The molecule has 0 unspecified atom stereocenters. The summed E-state index contributed by atoms with van der Waals surface area (Å²) in [4.78, 5) is 18.8. The van der Waals surface area contributed by atoms with E-state index in [-0.39, 0.29) is 25.1 Å². The second-order valence-electron chi connectivity index (χ2n) is 6.82. The van der Waals surface area contributed by atoms with Crippen LogP contribution >= 0.6 is 0 Å². The summed E-state index contributed by atoms with van der Waals surface area (Å²) in [5.74, 6) is 2.59. The van der Waals surface area contributed by atoms with Crippen molar-refractivity contribution in [3.8, 4) is 28.6 Å². The molecular formula is C22H25N3O5. The molecular weight excluding hydrogens is 386 g/mol. The zero-order valence-corrected chi connectivity index (χ0v) is 17.5. The molecule has 0 bridgehead atoms. The largest absolute Gasteiger partial charge is 0.497 e. The van der Waals surface area contributed by atoms with E-state index in [4.69, 9.17) is 18.7 Å². The van der Waals surface area contributed by atoms with Gasteiger partial charge in [-0.15, -0.1) is 0 Å². The maximum atomic E-state index is 12.7. The topological polar surface area (TPSA) is 86.9 Å². The molecule has 2 aromatic carbocycles. The number of nitrogens with zero attached hydrogens (tertiary/aromatic N) is 3. The summed E-state index contributed by atoms with van der Waals surface area (Å²) < 4.78 is 21.3. The van der Waals surface area contributed by atoms with E-state index < -0.39 is 0 Å². The Hall–Kier alpha value is -3.55. The smallest absolute Gasteiger partial charge is 0.261 e. The van der Waals surface area contributed by atoms with Gasteiger partial charge in [-0.25, -0.2) is 0 Å². The van der Waals surface area contributed by atoms with Gasteiger partial charge in [-0.1, -0.05) is 11.2 Å². The molecule has 0 saturated heterocycles. The van der Waals surface area contributed by atoms with Crippen LogP contribution in [0.5, 0.6) is 17.2 Å².